The molecule has 0 aliphatic heterocycles. The van der Waals surface area contributed by atoms with Gasteiger partial charge in [-0.3, -0.25) is 4.99 Å². The van der Waals surface area contributed by atoms with Gasteiger partial charge in [-0.25, -0.2) is 0 Å². The fourth-order valence-corrected chi connectivity index (χ4v) is 1.99. The third-order valence-corrected chi connectivity index (χ3v) is 3.25. The number of rotatable bonds is 11. The van der Waals surface area contributed by atoms with Gasteiger partial charge in [-0.05, 0) is 24.6 Å². The first-order valence-electron chi connectivity index (χ1n) is 7.73. The zero-order valence-electron chi connectivity index (χ0n) is 13.8. The Morgan fingerprint density at radius 1 is 1.22 bits per heavy atom. The summed E-state index contributed by atoms with van der Waals surface area (Å²) in [6, 6.07) is 5.31. The van der Waals surface area contributed by atoms with Crippen LogP contribution in [0.15, 0.2) is 23.2 Å². The molecule has 0 spiro atoms. The van der Waals surface area contributed by atoms with Gasteiger partial charge in [0, 0.05) is 12.3 Å². The van der Waals surface area contributed by atoms with E-state index < -0.39 is 0 Å². The molecule has 0 aliphatic carbocycles. The molecular weight excluding hydrogens is 318 g/mol. The largest absolute Gasteiger partial charge is 0.495 e. The number of methoxy groups -OCH3 is 1. The molecule has 6 nitrogen and oxygen atoms in total. The van der Waals surface area contributed by atoms with Crippen LogP contribution in [0.1, 0.15) is 19.8 Å². The topological polar surface area (TPSA) is 78.1 Å². The Labute approximate surface area is 143 Å². The van der Waals surface area contributed by atoms with Gasteiger partial charge in [0.2, 0.25) is 0 Å². The van der Waals surface area contributed by atoms with Crippen molar-refractivity contribution in [2.45, 2.75) is 19.8 Å². The van der Waals surface area contributed by atoms with E-state index in [2.05, 4.69) is 17.2 Å². The van der Waals surface area contributed by atoms with E-state index in [1.807, 2.05) is 6.07 Å². The molecule has 0 radical (unpaired) electrons. The normalized spacial score (nSPS) is 11.5. The van der Waals surface area contributed by atoms with E-state index in [4.69, 9.17) is 31.5 Å². The van der Waals surface area contributed by atoms with Gasteiger partial charge >= 0.3 is 0 Å². The van der Waals surface area contributed by atoms with Gasteiger partial charge in [0.1, 0.15) is 5.75 Å². The third-order valence-electron chi connectivity index (χ3n) is 2.96. The average Bonchev–Trinajstić information content (AvgIpc) is 2.53. The summed E-state index contributed by atoms with van der Waals surface area (Å²) in [5.41, 5.74) is 6.56. The number of halogens is 1. The molecule has 0 unspecified atom stereocenters. The van der Waals surface area contributed by atoms with E-state index in [-0.39, 0.29) is 0 Å². The Morgan fingerprint density at radius 2 is 1.96 bits per heavy atom. The highest BCUT2D eigenvalue weighted by Crippen LogP contribution is 2.26. The number of hydrogen-bond donors (Lipinski definition) is 2. The van der Waals surface area contributed by atoms with Gasteiger partial charge in [0.15, 0.2) is 5.96 Å². The van der Waals surface area contributed by atoms with Crippen LogP contribution in [0.4, 0.5) is 5.69 Å². The fraction of sp³-hybridized carbons (Fsp3) is 0.562. The lowest BCUT2D eigenvalue weighted by Gasteiger charge is -2.08. The maximum Gasteiger partial charge on any atom is 0.193 e. The molecule has 23 heavy (non-hydrogen) atoms. The maximum atomic E-state index is 6.04. The van der Waals surface area contributed by atoms with Crippen molar-refractivity contribution >= 4 is 23.2 Å². The summed E-state index contributed by atoms with van der Waals surface area (Å²) in [4.78, 5) is 4.18. The standard InChI is InChI=1S/C16H26ClN3O3/c1-3-4-8-22-10-11-23-9-7-19-16(18)20-13-5-6-15(21-2)14(17)12-13/h5-6,12H,3-4,7-11H2,1-2H3,(H3,18,19,20). The molecule has 0 aromatic heterocycles. The number of unbranched alkanes of at least 4 members (excludes halogenated alkanes) is 1. The van der Waals surface area contributed by atoms with Gasteiger partial charge in [0.05, 0.1) is 38.5 Å². The Morgan fingerprint density at radius 3 is 2.61 bits per heavy atom. The molecule has 0 heterocycles. The second-order valence-corrected chi connectivity index (χ2v) is 5.23. The van der Waals surface area contributed by atoms with Crippen molar-refractivity contribution in [3.63, 3.8) is 0 Å². The Hall–Kier alpha value is -1.50. The summed E-state index contributed by atoms with van der Waals surface area (Å²) in [7, 11) is 1.57. The van der Waals surface area contributed by atoms with Gasteiger partial charge in [-0.2, -0.15) is 0 Å². The Kier molecular flexibility index (Phi) is 10.2. The number of nitrogens with two attached hydrogens (primary N) is 1. The lowest BCUT2D eigenvalue weighted by molar-refractivity contribution is 0.0498. The van der Waals surface area contributed by atoms with E-state index in [0.717, 1.165) is 25.1 Å². The van der Waals surface area contributed by atoms with Gasteiger partial charge in [-0.1, -0.05) is 24.9 Å². The molecule has 130 valence electrons. The number of ether oxygens (including phenoxy) is 3. The van der Waals surface area contributed by atoms with Crippen molar-refractivity contribution in [3.05, 3.63) is 23.2 Å². The smallest absolute Gasteiger partial charge is 0.193 e. The fourth-order valence-electron chi connectivity index (χ4n) is 1.73. The maximum absolute atomic E-state index is 6.04. The van der Waals surface area contributed by atoms with Gasteiger partial charge in [-0.15, -0.1) is 0 Å². The lowest BCUT2D eigenvalue weighted by atomic mass is 10.3. The van der Waals surface area contributed by atoms with Crippen LogP contribution in [-0.4, -0.2) is 46.0 Å². The zero-order chi connectivity index (χ0) is 16.9. The molecule has 0 fully saturated rings. The monoisotopic (exact) mass is 343 g/mol. The van der Waals surface area contributed by atoms with Crippen molar-refractivity contribution in [2.75, 3.05) is 45.4 Å². The second kappa shape index (κ2) is 12.0. The predicted octanol–water partition coefficient (Wildman–Crippen LogP) is 2.91. The van der Waals surface area contributed by atoms with E-state index in [1.165, 1.54) is 0 Å². The minimum atomic E-state index is 0.314. The summed E-state index contributed by atoms with van der Waals surface area (Å²) in [5, 5.41) is 3.48. The first kappa shape index (κ1) is 19.5. The lowest BCUT2D eigenvalue weighted by Crippen LogP contribution is -2.23. The second-order valence-electron chi connectivity index (χ2n) is 4.82. The van der Waals surface area contributed by atoms with Crippen LogP contribution < -0.4 is 15.8 Å². The molecule has 0 saturated carbocycles. The molecule has 0 amide bonds. The molecular formula is C16H26ClN3O3. The van der Waals surface area contributed by atoms with E-state index in [1.54, 1.807) is 19.2 Å². The van der Waals surface area contributed by atoms with Crippen LogP contribution in [0, 0.1) is 0 Å². The molecule has 0 bridgehead atoms. The molecule has 3 N–H and O–H groups in total. The first-order valence-corrected chi connectivity index (χ1v) is 8.11. The third kappa shape index (κ3) is 8.64. The van der Waals surface area contributed by atoms with Crippen molar-refractivity contribution < 1.29 is 14.2 Å². The number of nitrogens with zero attached hydrogens (tertiary/aromatic N) is 1. The number of benzene rings is 1. The summed E-state index contributed by atoms with van der Waals surface area (Å²) in [6.07, 6.45) is 2.23. The molecule has 1 rings (SSSR count). The molecule has 0 saturated heterocycles. The minimum absolute atomic E-state index is 0.314. The van der Waals surface area contributed by atoms with Crippen LogP contribution >= 0.6 is 11.6 Å². The number of anilines is 1. The van der Waals surface area contributed by atoms with Crippen molar-refractivity contribution in [1.82, 2.24) is 0 Å². The molecule has 1 aromatic carbocycles. The highest BCUT2D eigenvalue weighted by molar-refractivity contribution is 6.32. The van der Waals surface area contributed by atoms with Gasteiger partial charge < -0.3 is 25.3 Å². The van der Waals surface area contributed by atoms with E-state index in [0.29, 0.717) is 43.1 Å². The summed E-state index contributed by atoms with van der Waals surface area (Å²) in [6.45, 7) is 5.10. The SMILES string of the molecule is CCCCOCCOCCN=C(N)Nc1ccc(OC)c(Cl)c1. The van der Waals surface area contributed by atoms with Crippen molar-refractivity contribution in [1.29, 1.82) is 0 Å². The van der Waals surface area contributed by atoms with Crippen molar-refractivity contribution in [3.8, 4) is 5.75 Å². The van der Waals surface area contributed by atoms with Crippen LogP contribution in [0.3, 0.4) is 0 Å². The number of guanidine groups is 1. The highest BCUT2D eigenvalue weighted by Gasteiger charge is 2.02. The van der Waals surface area contributed by atoms with Crippen LogP contribution in [0.2, 0.25) is 5.02 Å². The minimum Gasteiger partial charge on any atom is -0.495 e. The van der Waals surface area contributed by atoms with Crippen LogP contribution in [0.25, 0.3) is 0 Å². The predicted molar refractivity (Wildman–Crippen MR) is 94.7 cm³/mol. The number of hydrogen-bond acceptors (Lipinski definition) is 4. The van der Waals surface area contributed by atoms with Crippen molar-refractivity contribution in [2.24, 2.45) is 10.7 Å². The molecule has 1 aromatic rings. The van der Waals surface area contributed by atoms with E-state index in [9.17, 15) is 0 Å². The summed E-state index contributed by atoms with van der Waals surface area (Å²) in [5.74, 6) is 0.927. The number of aliphatic imine (C=N–C) groups is 1. The first-order chi connectivity index (χ1) is 11.2. The molecule has 0 aliphatic rings. The average molecular weight is 344 g/mol. The Balaban J connectivity index is 2.18. The number of nitrogens with one attached hydrogen (secondary N) is 1. The van der Waals surface area contributed by atoms with Crippen LogP contribution in [-0.2, 0) is 9.47 Å². The molecule has 0 atom stereocenters. The summed E-state index contributed by atoms with van der Waals surface area (Å²) >= 11 is 6.04. The van der Waals surface area contributed by atoms with Gasteiger partial charge in [0.25, 0.3) is 0 Å². The zero-order valence-corrected chi connectivity index (χ0v) is 14.6. The molecule has 7 heteroatoms. The Bertz CT molecular complexity index is 484. The quantitative estimate of drug-likeness (QED) is 0.367. The summed E-state index contributed by atoms with van der Waals surface area (Å²) < 4.78 is 15.9. The van der Waals surface area contributed by atoms with E-state index >= 15 is 0 Å². The van der Waals surface area contributed by atoms with Crippen LogP contribution in [0.5, 0.6) is 5.75 Å². The highest BCUT2D eigenvalue weighted by atomic mass is 35.5.